The number of aromatic nitrogens is 2. The van der Waals surface area contributed by atoms with E-state index in [1.54, 1.807) is 0 Å². The van der Waals surface area contributed by atoms with Crippen molar-refractivity contribution in [1.82, 2.24) is 14.9 Å². The van der Waals surface area contributed by atoms with Gasteiger partial charge in [-0.3, -0.25) is 14.8 Å². The Labute approximate surface area is 193 Å². The largest absolute Gasteiger partial charge is 0.352 e. The molecule has 0 radical (unpaired) electrons. The average molecular weight is 444 g/mol. The van der Waals surface area contributed by atoms with Crippen LogP contribution in [-0.4, -0.2) is 65.8 Å². The molecule has 0 bridgehead atoms. The number of rotatable bonds is 6. The Hall–Kier alpha value is -3.36. The maximum absolute atomic E-state index is 12.5. The molecule has 1 saturated carbocycles. The second-order valence-electron chi connectivity index (χ2n) is 8.91. The molecule has 1 aliphatic heterocycles. The molecule has 5 rings (SSSR count). The minimum atomic E-state index is -0.606. The molecule has 1 saturated heterocycles. The second-order valence-corrected chi connectivity index (χ2v) is 8.91. The molecule has 1 aliphatic carbocycles. The van der Waals surface area contributed by atoms with E-state index in [1.165, 1.54) is 0 Å². The van der Waals surface area contributed by atoms with Gasteiger partial charge in [0, 0.05) is 26.2 Å². The van der Waals surface area contributed by atoms with Crippen molar-refractivity contribution in [3.8, 4) is 11.1 Å². The van der Waals surface area contributed by atoms with Gasteiger partial charge in [-0.25, -0.2) is 4.98 Å². The molecular formula is C25H29N7O. The Kier molecular flexibility index (Phi) is 5.55. The summed E-state index contributed by atoms with van der Waals surface area (Å²) in [4.78, 5) is 30.3. The van der Waals surface area contributed by atoms with Gasteiger partial charge in [-0.2, -0.15) is 0 Å². The van der Waals surface area contributed by atoms with Crippen molar-refractivity contribution in [1.29, 1.82) is 0 Å². The quantitative estimate of drug-likeness (QED) is 0.565. The molecule has 8 heteroatoms. The van der Waals surface area contributed by atoms with E-state index >= 15 is 0 Å². The molecule has 2 aliphatic rings. The van der Waals surface area contributed by atoms with E-state index in [4.69, 9.17) is 16.5 Å². The first-order valence-electron chi connectivity index (χ1n) is 11.4. The zero-order chi connectivity index (χ0) is 23.0. The number of hydrogen-bond donors (Lipinski definition) is 2. The van der Waals surface area contributed by atoms with Crippen LogP contribution in [0.1, 0.15) is 18.4 Å². The van der Waals surface area contributed by atoms with Crippen molar-refractivity contribution < 1.29 is 4.79 Å². The smallest absolute Gasteiger partial charge is 0.242 e. The highest BCUT2D eigenvalue weighted by molar-refractivity contribution is 5.89. The van der Waals surface area contributed by atoms with Crippen LogP contribution in [0, 0.1) is 0 Å². The molecule has 0 atom stereocenters. The maximum Gasteiger partial charge on any atom is 0.242 e. The van der Waals surface area contributed by atoms with E-state index < -0.39 is 5.54 Å². The summed E-state index contributed by atoms with van der Waals surface area (Å²) in [6.07, 6.45) is 4.17. The fraction of sp³-hybridized carbons (Fsp3) is 0.360. The fourth-order valence-electron chi connectivity index (χ4n) is 4.39. The highest BCUT2D eigenvalue weighted by atomic mass is 16.2. The number of carbonyl (C=O) groups is 1. The van der Waals surface area contributed by atoms with Gasteiger partial charge in [-0.15, -0.1) is 0 Å². The first-order chi connectivity index (χ1) is 16.0. The third-order valence-electron chi connectivity index (χ3n) is 6.64. The number of aliphatic imine (C=N–C) groups is 1. The Morgan fingerprint density at radius 3 is 2.48 bits per heavy atom. The number of piperazine rings is 1. The van der Waals surface area contributed by atoms with Crippen LogP contribution in [0.3, 0.4) is 0 Å². The molecule has 0 unspecified atom stereocenters. The van der Waals surface area contributed by atoms with Crippen LogP contribution >= 0.6 is 0 Å². The van der Waals surface area contributed by atoms with E-state index in [9.17, 15) is 4.79 Å². The number of amides is 1. The Morgan fingerprint density at radius 1 is 1.06 bits per heavy atom. The summed E-state index contributed by atoms with van der Waals surface area (Å²) in [5, 5.41) is 0. The molecule has 2 heterocycles. The van der Waals surface area contributed by atoms with Crippen LogP contribution in [0.25, 0.3) is 22.2 Å². The van der Waals surface area contributed by atoms with Crippen LogP contribution in [0.15, 0.2) is 47.6 Å². The number of carbonyl (C=O) groups excluding carboxylic acids is 1. The lowest BCUT2D eigenvalue weighted by Crippen LogP contribution is -2.54. The first kappa shape index (κ1) is 21.5. The predicted octanol–water partition coefficient (Wildman–Crippen LogP) is 2.27. The summed E-state index contributed by atoms with van der Waals surface area (Å²) in [6, 6.07) is 12.3. The summed E-state index contributed by atoms with van der Waals surface area (Å²) in [7, 11) is 0. The molecular weight excluding hydrogens is 414 g/mol. The molecule has 2 aromatic carbocycles. The second kappa shape index (κ2) is 8.53. The molecule has 3 aromatic rings. The summed E-state index contributed by atoms with van der Waals surface area (Å²) in [5.74, 6) is 0.912. The topological polar surface area (TPSA) is 114 Å². The number of nitrogens with zero attached hydrogens (tertiary/aromatic N) is 5. The monoisotopic (exact) mass is 443 g/mol. The van der Waals surface area contributed by atoms with Crippen LogP contribution < -0.4 is 16.4 Å². The molecule has 1 amide bonds. The van der Waals surface area contributed by atoms with Gasteiger partial charge in [-0.1, -0.05) is 18.2 Å². The first-order valence-corrected chi connectivity index (χ1v) is 11.4. The molecule has 1 aromatic heterocycles. The van der Waals surface area contributed by atoms with Crippen molar-refractivity contribution in [2.24, 2.45) is 16.5 Å². The third kappa shape index (κ3) is 4.19. The highest BCUT2D eigenvalue weighted by Crippen LogP contribution is 2.34. The number of hydrogen-bond acceptors (Lipinski definition) is 7. The highest BCUT2D eigenvalue weighted by Gasteiger charge is 2.48. The summed E-state index contributed by atoms with van der Waals surface area (Å²) >= 11 is 0. The van der Waals surface area contributed by atoms with Crippen LogP contribution in [0.5, 0.6) is 0 Å². The van der Waals surface area contributed by atoms with E-state index in [-0.39, 0.29) is 5.91 Å². The number of fused-ring (bicyclic) bond motifs is 1. The molecule has 33 heavy (non-hydrogen) atoms. The zero-order valence-corrected chi connectivity index (χ0v) is 18.7. The van der Waals surface area contributed by atoms with Crippen LogP contribution in [0.4, 0.5) is 11.5 Å². The van der Waals surface area contributed by atoms with Gasteiger partial charge in [0.25, 0.3) is 0 Å². The molecule has 170 valence electrons. The maximum atomic E-state index is 12.5. The minimum Gasteiger partial charge on any atom is -0.352 e. The molecule has 8 nitrogen and oxygen atoms in total. The van der Waals surface area contributed by atoms with E-state index in [2.05, 4.69) is 39.8 Å². The molecule has 2 fully saturated rings. The normalized spacial score (nSPS) is 17.3. The van der Waals surface area contributed by atoms with Crippen molar-refractivity contribution in [2.45, 2.75) is 24.8 Å². The van der Waals surface area contributed by atoms with Gasteiger partial charge < -0.3 is 21.3 Å². The SMILES string of the molecule is C=Nc1cc(-c2ccc3ncc(N4CCN(C(=O)C5(N)CC5)CC4)nc3c2)ccc1CCN. The van der Waals surface area contributed by atoms with Gasteiger partial charge in [0.15, 0.2) is 0 Å². The Morgan fingerprint density at radius 2 is 1.79 bits per heavy atom. The van der Waals surface area contributed by atoms with Gasteiger partial charge in [0.2, 0.25) is 5.91 Å². The van der Waals surface area contributed by atoms with Crippen molar-refractivity contribution in [3.05, 3.63) is 48.2 Å². The predicted molar refractivity (Wildman–Crippen MR) is 132 cm³/mol. The summed E-state index contributed by atoms with van der Waals surface area (Å²) in [5.41, 5.74) is 16.9. The van der Waals surface area contributed by atoms with Gasteiger partial charge in [0.1, 0.15) is 5.82 Å². The number of anilines is 1. The molecule has 4 N–H and O–H groups in total. The number of benzene rings is 2. The van der Waals surface area contributed by atoms with Gasteiger partial charge >= 0.3 is 0 Å². The Bertz CT molecular complexity index is 1210. The van der Waals surface area contributed by atoms with E-state index in [0.717, 1.165) is 71.6 Å². The van der Waals surface area contributed by atoms with E-state index in [0.29, 0.717) is 19.6 Å². The van der Waals surface area contributed by atoms with Gasteiger partial charge in [0.05, 0.1) is 28.5 Å². The van der Waals surface area contributed by atoms with E-state index in [1.807, 2.05) is 29.3 Å². The Balaban J connectivity index is 1.36. The van der Waals surface area contributed by atoms with Crippen LogP contribution in [0.2, 0.25) is 0 Å². The van der Waals surface area contributed by atoms with Crippen molar-refractivity contribution in [3.63, 3.8) is 0 Å². The van der Waals surface area contributed by atoms with Gasteiger partial charge in [-0.05, 0) is 67.4 Å². The average Bonchev–Trinajstić information content (AvgIpc) is 3.62. The third-order valence-corrected chi connectivity index (χ3v) is 6.64. The van der Waals surface area contributed by atoms with Crippen molar-refractivity contribution >= 4 is 35.2 Å². The standard InChI is InChI=1S/C25H29N7O/c1-28-21-14-18(3-2-17(21)6-9-26)19-4-5-20-22(15-19)30-23(16-29-20)31-10-12-32(13-11-31)24(33)25(27)7-8-25/h2-5,14-16H,1,6-13,26-27H2. The minimum absolute atomic E-state index is 0.0854. The lowest BCUT2D eigenvalue weighted by atomic mass is 10.0. The summed E-state index contributed by atoms with van der Waals surface area (Å²) in [6.45, 7) is 7.04. The lowest BCUT2D eigenvalue weighted by Gasteiger charge is -2.36. The zero-order valence-electron chi connectivity index (χ0n) is 18.7. The fourth-order valence-corrected chi connectivity index (χ4v) is 4.39. The van der Waals surface area contributed by atoms with Crippen molar-refractivity contribution in [2.75, 3.05) is 37.6 Å². The molecule has 0 spiro atoms. The van der Waals surface area contributed by atoms with Crippen LogP contribution in [-0.2, 0) is 11.2 Å². The lowest BCUT2D eigenvalue weighted by molar-refractivity contribution is -0.133. The summed E-state index contributed by atoms with van der Waals surface area (Å²) < 4.78 is 0. The number of nitrogens with two attached hydrogens (primary N) is 2.